The molecule has 5 heteroatoms. The lowest BCUT2D eigenvalue weighted by atomic mass is 10.0. The third kappa shape index (κ3) is 5.42. The molecule has 0 spiro atoms. The van der Waals surface area contributed by atoms with E-state index in [1.54, 1.807) is 0 Å². The molecule has 3 aromatic carbocycles. The van der Waals surface area contributed by atoms with Crippen molar-refractivity contribution in [2.24, 2.45) is 0 Å². The Morgan fingerprint density at radius 1 is 0.833 bits per heavy atom. The smallest absolute Gasteiger partial charge is 0.286 e. The summed E-state index contributed by atoms with van der Waals surface area (Å²) in [5, 5.41) is 4.33. The molecule has 0 radical (unpaired) electrons. The Morgan fingerprint density at radius 2 is 1.63 bits per heavy atom. The third-order valence-corrected chi connectivity index (χ3v) is 6.37. The molecule has 1 aliphatic rings. The lowest BCUT2D eigenvalue weighted by molar-refractivity contribution is -0.119. The van der Waals surface area contributed by atoms with E-state index in [2.05, 4.69) is 47.8 Å². The molecule has 0 bridgehead atoms. The quantitative estimate of drug-likeness (QED) is 0.441. The summed E-state index contributed by atoms with van der Waals surface area (Å²) >= 11 is 1.12. The van der Waals surface area contributed by atoms with E-state index in [1.807, 2.05) is 24.3 Å². The second-order valence-corrected chi connectivity index (χ2v) is 8.78. The van der Waals surface area contributed by atoms with Gasteiger partial charge < -0.3 is 4.74 Å². The van der Waals surface area contributed by atoms with Gasteiger partial charge in [-0.15, -0.1) is 0 Å². The number of carbonyl (C=O) groups excluding carboxylic acids is 2. The largest absolute Gasteiger partial charge is 0.489 e. The minimum Gasteiger partial charge on any atom is -0.489 e. The van der Waals surface area contributed by atoms with Crippen LogP contribution in [0.25, 0.3) is 10.8 Å². The molecule has 1 fully saturated rings. The van der Waals surface area contributed by atoms with E-state index >= 15 is 0 Å². The summed E-state index contributed by atoms with van der Waals surface area (Å²) in [7, 11) is 0. The van der Waals surface area contributed by atoms with Crippen LogP contribution < -0.4 is 10.1 Å². The monoisotopic (exact) mass is 419 g/mol. The predicted molar refractivity (Wildman–Crippen MR) is 122 cm³/mol. The lowest BCUT2D eigenvalue weighted by Gasteiger charge is -2.09. The molecule has 1 saturated heterocycles. The Morgan fingerprint density at radius 3 is 2.43 bits per heavy atom. The molecule has 2 amide bonds. The van der Waals surface area contributed by atoms with Crippen LogP contribution in [0.4, 0.5) is 4.79 Å². The summed E-state index contributed by atoms with van der Waals surface area (Å²) in [5.74, 6) is 0.748. The Kier molecular flexibility index (Phi) is 6.70. The maximum absolute atomic E-state index is 11.6. The first-order valence-electron chi connectivity index (χ1n) is 10.4. The molecule has 1 atom stereocenters. The van der Waals surface area contributed by atoms with Crippen LogP contribution in [0, 0.1) is 0 Å². The van der Waals surface area contributed by atoms with E-state index in [4.69, 9.17) is 4.74 Å². The highest BCUT2D eigenvalue weighted by molar-refractivity contribution is 8.15. The number of imide groups is 1. The van der Waals surface area contributed by atoms with Gasteiger partial charge in [0.1, 0.15) is 12.4 Å². The topological polar surface area (TPSA) is 55.4 Å². The molecule has 3 aromatic rings. The standard InChI is InChI=1S/C25H25NO3S/c27-24-23(30-25(28)26-24)10-6-2-3-7-18-11-12-21-16-22(14-13-20(21)15-18)29-17-19-8-4-1-5-9-19/h1,4-5,8-9,11-16,23H,2-3,6-7,10,17H2,(H,26,27,28). The van der Waals surface area contributed by atoms with Crippen LogP contribution in [0.5, 0.6) is 5.75 Å². The summed E-state index contributed by atoms with van der Waals surface area (Å²) in [6.45, 7) is 0.569. The van der Waals surface area contributed by atoms with E-state index < -0.39 is 0 Å². The number of hydrogen-bond acceptors (Lipinski definition) is 4. The van der Waals surface area contributed by atoms with Gasteiger partial charge in [0.2, 0.25) is 5.91 Å². The summed E-state index contributed by atoms with van der Waals surface area (Å²) in [6.07, 6.45) is 4.89. The van der Waals surface area contributed by atoms with Crippen molar-refractivity contribution in [1.29, 1.82) is 0 Å². The number of rotatable bonds is 9. The Hall–Kier alpha value is -2.79. The average Bonchev–Trinajstić information content (AvgIpc) is 3.09. The molecule has 1 unspecified atom stereocenters. The van der Waals surface area contributed by atoms with Gasteiger partial charge in [-0.1, -0.05) is 79.2 Å². The third-order valence-electron chi connectivity index (χ3n) is 5.32. The van der Waals surface area contributed by atoms with Crippen molar-refractivity contribution in [3.8, 4) is 5.75 Å². The fourth-order valence-electron chi connectivity index (χ4n) is 3.68. The van der Waals surface area contributed by atoms with Crippen molar-refractivity contribution < 1.29 is 14.3 Å². The number of hydrogen-bond donors (Lipinski definition) is 1. The second kappa shape index (κ2) is 9.81. The van der Waals surface area contributed by atoms with E-state index in [9.17, 15) is 9.59 Å². The summed E-state index contributed by atoms with van der Waals surface area (Å²) in [5.41, 5.74) is 2.48. The number of amides is 2. The highest BCUT2D eigenvalue weighted by Crippen LogP contribution is 2.25. The van der Waals surface area contributed by atoms with Gasteiger partial charge in [-0.3, -0.25) is 14.9 Å². The normalized spacial score (nSPS) is 16.1. The van der Waals surface area contributed by atoms with Crippen molar-refractivity contribution in [2.45, 2.75) is 44.0 Å². The number of ether oxygens (including phenoxy) is 1. The first-order valence-corrected chi connectivity index (χ1v) is 11.3. The number of unbranched alkanes of at least 4 members (excludes halogenated alkanes) is 2. The fourth-order valence-corrected chi connectivity index (χ4v) is 4.55. The molecule has 1 heterocycles. The van der Waals surface area contributed by atoms with Crippen LogP contribution in [0.15, 0.2) is 66.7 Å². The molecule has 1 aliphatic heterocycles. The van der Waals surface area contributed by atoms with Crippen LogP contribution in [0.1, 0.15) is 36.8 Å². The molecular weight excluding hydrogens is 394 g/mol. The highest BCUT2D eigenvalue weighted by atomic mass is 32.2. The molecular formula is C25H25NO3S. The maximum atomic E-state index is 11.6. The van der Waals surface area contributed by atoms with Gasteiger partial charge in [0.05, 0.1) is 5.25 Å². The van der Waals surface area contributed by atoms with Crippen LogP contribution in [0.2, 0.25) is 0 Å². The Bertz CT molecular complexity index is 1040. The Labute approximate surface area is 181 Å². The van der Waals surface area contributed by atoms with Crippen LogP contribution in [-0.4, -0.2) is 16.4 Å². The van der Waals surface area contributed by atoms with E-state index in [1.165, 1.54) is 16.3 Å². The van der Waals surface area contributed by atoms with Gasteiger partial charge >= 0.3 is 0 Å². The maximum Gasteiger partial charge on any atom is 0.286 e. The van der Waals surface area contributed by atoms with Gasteiger partial charge in [0.25, 0.3) is 5.24 Å². The van der Waals surface area contributed by atoms with Gasteiger partial charge in [0, 0.05) is 0 Å². The zero-order chi connectivity index (χ0) is 20.8. The molecule has 0 aromatic heterocycles. The number of carbonyl (C=O) groups is 2. The van der Waals surface area contributed by atoms with E-state index in [-0.39, 0.29) is 16.4 Å². The van der Waals surface area contributed by atoms with Crippen molar-refractivity contribution >= 4 is 33.7 Å². The summed E-state index contributed by atoms with van der Waals surface area (Å²) < 4.78 is 5.93. The molecule has 0 aliphatic carbocycles. The van der Waals surface area contributed by atoms with Crippen molar-refractivity contribution in [3.05, 3.63) is 77.9 Å². The number of benzene rings is 3. The summed E-state index contributed by atoms with van der Waals surface area (Å²) in [6, 6.07) is 23.0. The number of fused-ring (bicyclic) bond motifs is 1. The first kappa shape index (κ1) is 20.5. The first-order chi connectivity index (χ1) is 14.7. The van der Waals surface area contributed by atoms with Gasteiger partial charge in [0.15, 0.2) is 0 Å². The zero-order valence-electron chi connectivity index (χ0n) is 16.8. The van der Waals surface area contributed by atoms with Gasteiger partial charge in [-0.25, -0.2) is 0 Å². The minimum absolute atomic E-state index is 0.133. The van der Waals surface area contributed by atoms with Gasteiger partial charge in [-0.05, 0) is 53.3 Å². The van der Waals surface area contributed by atoms with E-state index in [0.29, 0.717) is 6.61 Å². The number of thioether (sulfide) groups is 1. The van der Waals surface area contributed by atoms with Gasteiger partial charge in [-0.2, -0.15) is 0 Å². The van der Waals surface area contributed by atoms with Crippen molar-refractivity contribution in [3.63, 3.8) is 0 Å². The minimum atomic E-state index is -0.213. The van der Waals surface area contributed by atoms with Crippen molar-refractivity contribution in [2.75, 3.05) is 0 Å². The second-order valence-electron chi connectivity index (χ2n) is 7.60. The average molecular weight is 420 g/mol. The predicted octanol–water partition coefficient (Wildman–Crippen LogP) is 5.87. The fraction of sp³-hybridized carbons (Fsp3) is 0.280. The van der Waals surface area contributed by atoms with Crippen LogP contribution in [-0.2, 0) is 17.8 Å². The highest BCUT2D eigenvalue weighted by Gasteiger charge is 2.30. The number of nitrogens with one attached hydrogen (secondary N) is 1. The van der Waals surface area contributed by atoms with Crippen LogP contribution in [0.3, 0.4) is 0 Å². The number of aryl methyl sites for hydroxylation is 1. The Balaban J connectivity index is 1.25. The molecule has 0 saturated carbocycles. The lowest BCUT2D eigenvalue weighted by Crippen LogP contribution is -2.24. The van der Waals surface area contributed by atoms with Crippen LogP contribution >= 0.6 is 11.8 Å². The molecule has 1 N–H and O–H groups in total. The summed E-state index contributed by atoms with van der Waals surface area (Å²) in [4.78, 5) is 22.8. The molecule has 154 valence electrons. The molecule has 4 nitrogen and oxygen atoms in total. The van der Waals surface area contributed by atoms with Crippen molar-refractivity contribution in [1.82, 2.24) is 5.32 Å². The SMILES string of the molecule is O=C1NC(=O)C(CCCCCc2ccc3cc(OCc4ccccc4)ccc3c2)S1. The molecule has 4 rings (SSSR count). The van der Waals surface area contributed by atoms with E-state index in [0.717, 1.165) is 55.2 Å². The zero-order valence-corrected chi connectivity index (χ0v) is 17.6. The molecule has 30 heavy (non-hydrogen) atoms.